The van der Waals surface area contributed by atoms with Crippen molar-refractivity contribution in [1.29, 1.82) is 0 Å². The standard InChI is InChI=1S/C35H35FN4O4/c1-5-35(42)17-15-26-25-12-10-21-19-22(11-13-23(21)24(25)14-16-34(26,35)4)44-33-38-30(37-32(36)39-33)28-20(3)29(31(41)43-6-2)40-18-8-7-9-27(28)40/h1,7-9,11,13,18-19,24-26,42H,6,10,12,14-17H2,2-4H3/t24?,25-,26?,34+,35?/m1/s1. The Morgan fingerprint density at radius 1 is 1.18 bits per heavy atom. The maximum atomic E-state index is 14.8. The summed E-state index contributed by atoms with van der Waals surface area (Å²) in [5.74, 6) is 4.14. The van der Waals surface area contributed by atoms with E-state index in [9.17, 15) is 14.3 Å². The first kappa shape index (κ1) is 28.5. The van der Waals surface area contributed by atoms with Crippen molar-refractivity contribution in [3.05, 3.63) is 71.1 Å². The van der Waals surface area contributed by atoms with Gasteiger partial charge in [0.05, 0.1) is 12.1 Å². The van der Waals surface area contributed by atoms with Gasteiger partial charge < -0.3 is 19.0 Å². The van der Waals surface area contributed by atoms with Crippen LogP contribution >= 0.6 is 0 Å². The van der Waals surface area contributed by atoms with E-state index in [2.05, 4.69) is 33.9 Å². The number of hydrogen-bond acceptors (Lipinski definition) is 7. The summed E-state index contributed by atoms with van der Waals surface area (Å²) in [4.78, 5) is 25.1. The Labute approximate surface area is 255 Å². The Balaban J connectivity index is 1.18. The number of esters is 1. The van der Waals surface area contributed by atoms with E-state index in [1.54, 1.807) is 30.5 Å². The molecule has 3 heterocycles. The van der Waals surface area contributed by atoms with Crippen molar-refractivity contribution in [2.75, 3.05) is 6.61 Å². The molecule has 3 aromatic heterocycles. The quantitative estimate of drug-likeness (QED) is 0.210. The second-order valence-electron chi connectivity index (χ2n) is 12.6. The number of carbonyl (C=O) groups is 1. The fourth-order valence-corrected chi connectivity index (χ4v) is 8.54. The van der Waals surface area contributed by atoms with Crippen LogP contribution in [-0.2, 0) is 11.2 Å². The zero-order valence-electron chi connectivity index (χ0n) is 25.1. The second-order valence-corrected chi connectivity index (χ2v) is 12.6. The number of pyridine rings is 1. The maximum Gasteiger partial charge on any atom is 0.355 e. The van der Waals surface area contributed by atoms with Crippen molar-refractivity contribution in [2.45, 2.75) is 70.8 Å². The highest BCUT2D eigenvalue weighted by molar-refractivity contribution is 5.97. The average Bonchev–Trinajstić information content (AvgIpc) is 3.46. The summed E-state index contributed by atoms with van der Waals surface area (Å²) in [6, 6.07) is 11.3. The predicted molar refractivity (Wildman–Crippen MR) is 162 cm³/mol. The number of aliphatic hydroxyl groups is 1. The first-order valence-electron chi connectivity index (χ1n) is 15.4. The number of aryl methyl sites for hydroxylation is 1. The number of aromatic nitrogens is 4. The van der Waals surface area contributed by atoms with Crippen LogP contribution in [0.5, 0.6) is 11.8 Å². The second kappa shape index (κ2) is 10.4. The van der Waals surface area contributed by atoms with Gasteiger partial charge in [0.15, 0.2) is 5.82 Å². The van der Waals surface area contributed by atoms with Gasteiger partial charge in [0, 0.05) is 17.2 Å². The van der Waals surface area contributed by atoms with Crippen molar-refractivity contribution in [3.63, 3.8) is 0 Å². The number of benzene rings is 1. The minimum absolute atomic E-state index is 0.0683. The molecule has 2 fully saturated rings. The van der Waals surface area contributed by atoms with Gasteiger partial charge in [-0.15, -0.1) is 11.4 Å². The highest BCUT2D eigenvalue weighted by Crippen LogP contribution is 2.64. The van der Waals surface area contributed by atoms with Gasteiger partial charge in [-0.2, -0.15) is 14.4 Å². The summed E-state index contributed by atoms with van der Waals surface area (Å²) in [6.07, 6.45) is 12.0. The molecule has 0 aliphatic heterocycles. The van der Waals surface area contributed by atoms with Gasteiger partial charge in [-0.1, -0.05) is 25.0 Å². The van der Waals surface area contributed by atoms with E-state index >= 15 is 0 Å². The van der Waals surface area contributed by atoms with Crippen LogP contribution in [0.25, 0.3) is 16.9 Å². The number of terminal acetylenes is 1. The minimum Gasteiger partial charge on any atom is -0.461 e. The van der Waals surface area contributed by atoms with E-state index < -0.39 is 17.6 Å². The van der Waals surface area contributed by atoms with Gasteiger partial charge in [0.25, 0.3) is 0 Å². The summed E-state index contributed by atoms with van der Waals surface area (Å²) in [7, 11) is 0. The molecule has 2 saturated carbocycles. The lowest BCUT2D eigenvalue weighted by Crippen LogP contribution is -2.50. The maximum absolute atomic E-state index is 14.8. The summed E-state index contributed by atoms with van der Waals surface area (Å²) in [5, 5.41) is 11.2. The van der Waals surface area contributed by atoms with Crippen LogP contribution < -0.4 is 4.74 Å². The molecule has 226 valence electrons. The first-order chi connectivity index (χ1) is 21.2. The molecule has 3 aliphatic rings. The molecule has 8 nitrogen and oxygen atoms in total. The molecule has 0 bridgehead atoms. The third-order valence-electron chi connectivity index (χ3n) is 10.7. The molecule has 3 aliphatic carbocycles. The number of halogens is 1. The smallest absolute Gasteiger partial charge is 0.355 e. The fraction of sp³-hybridized carbons (Fsp3) is 0.429. The fourth-order valence-electron chi connectivity index (χ4n) is 8.54. The summed E-state index contributed by atoms with van der Waals surface area (Å²) < 4.78 is 27.9. The number of ether oxygens (including phenoxy) is 2. The van der Waals surface area contributed by atoms with Crippen LogP contribution in [0.2, 0.25) is 0 Å². The number of carbonyl (C=O) groups excluding carboxylic acids is 1. The molecule has 44 heavy (non-hydrogen) atoms. The van der Waals surface area contributed by atoms with Gasteiger partial charge in [0.2, 0.25) is 0 Å². The normalized spacial score (nSPS) is 27.2. The van der Waals surface area contributed by atoms with Crippen molar-refractivity contribution >= 4 is 11.5 Å². The van der Waals surface area contributed by atoms with Crippen molar-refractivity contribution in [3.8, 4) is 35.5 Å². The Morgan fingerprint density at radius 3 is 2.82 bits per heavy atom. The molecule has 1 aromatic carbocycles. The van der Waals surface area contributed by atoms with Crippen LogP contribution in [0, 0.1) is 42.6 Å². The first-order valence-corrected chi connectivity index (χ1v) is 15.4. The average molecular weight is 595 g/mol. The summed E-state index contributed by atoms with van der Waals surface area (Å²) >= 11 is 0. The van der Waals surface area contributed by atoms with Crippen LogP contribution in [0.4, 0.5) is 4.39 Å². The molecule has 4 aromatic rings. The van der Waals surface area contributed by atoms with Gasteiger partial charge >= 0.3 is 18.1 Å². The van der Waals surface area contributed by atoms with E-state index in [1.807, 2.05) is 24.3 Å². The molecule has 0 saturated heterocycles. The molecule has 0 radical (unpaired) electrons. The third-order valence-corrected chi connectivity index (χ3v) is 10.7. The van der Waals surface area contributed by atoms with Crippen LogP contribution in [0.3, 0.4) is 0 Å². The van der Waals surface area contributed by atoms with Crippen LogP contribution in [0.15, 0.2) is 42.6 Å². The zero-order chi connectivity index (χ0) is 30.8. The van der Waals surface area contributed by atoms with Crippen molar-refractivity contribution in [2.24, 2.45) is 17.3 Å². The van der Waals surface area contributed by atoms with E-state index in [4.69, 9.17) is 15.9 Å². The van der Waals surface area contributed by atoms with E-state index in [1.165, 1.54) is 11.1 Å². The summed E-state index contributed by atoms with van der Waals surface area (Å²) in [6.45, 7) is 5.92. The number of rotatable bonds is 5. The lowest BCUT2D eigenvalue weighted by molar-refractivity contribution is -0.0646. The lowest BCUT2D eigenvalue weighted by Gasteiger charge is -2.52. The molecular formula is C35H35FN4O4. The van der Waals surface area contributed by atoms with Gasteiger partial charge in [-0.3, -0.25) is 0 Å². The minimum atomic E-state index is -1.02. The molecule has 7 rings (SSSR count). The Morgan fingerprint density at radius 2 is 2.02 bits per heavy atom. The van der Waals surface area contributed by atoms with E-state index in [-0.39, 0.29) is 23.9 Å². The molecule has 0 amide bonds. The molecule has 9 heteroatoms. The number of hydrogen-bond donors (Lipinski definition) is 1. The highest BCUT2D eigenvalue weighted by atomic mass is 19.1. The van der Waals surface area contributed by atoms with Crippen LogP contribution in [-0.4, -0.2) is 42.6 Å². The van der Waals surface area contributed by atoms with Gasteiger partial charge in [-0.05, 0) is 111 Å². The predicted octanol–water partition coefficient (Wildman–Crippen LogP) is 6.43. The van der Waals surface area contributed by atoms with Gasteiger partial charge in [0.1, 0.15) is 17.0 Å². The lowest BCUT2D eigenvalue weighted by atomic mass is 9.53. The Hall–Kier alpha value is -4.29. The third kappa shape index (κ3) is 4.22. The largest absolute Gasteiger partial charge is 0.461 e. The van der Waals surface area contributed by atoms with Gasteiger partial charge in [-0.25, -0.2) is 4.79 Å². The molecular weight excluding hydrogens is 559 g/mol. The Bertz CT molecular complexity index is 1850. The topological polar surface area (TPSA) is 98.8 Å². The SMILES string of the molecule is C#CC1(O)CCC2[C@@H]3CCc4cc(Oc5nc(F)nc(-c6c(C)c(C(=O)OCC)n7ccccc67)n5)ccc4C3CC[C@@]21C. The van der Waals surface area contributed by atoms with Crippen molar-refractivity contribution < 1.29 is 23.8 Å². The number of nitrogens with zero attached hydrogens (tertiary/aromatic N) is 4. The van der Waals surface area contributed by atoms with Crippen molar-refractivity contribution in [1.82, 2.24) is 19.4 Å². The summed E-state index contributed by atoms with van der Waals surface area (Å²) in [5.41, 5.74) is 3.30. The van der Waals surface area contributed by atoms with E-state index in [0.29, 0.717) is 52.3 Å². The Kier molecular flexibility index (Phi) is 6.74. The molecule has 0 spiro atoms. The molecule has 1 N–H and O–H groups in total. The molecule has 3 unspecified atom stereocenters. The zero-order valence-corrected chi connectivity index (χ0v) is 25.1. The monoisotopic (exact) mass is 594 g/mol. The molecule has 5 atom stereocenters. The number of fused-ring (bicyclic) bond motifs is 6. The van der Waals surface area contributed by atoms with Crippen LogP contribution in [0.1, 0.15) is 79.0 Å². The van der Waals surface area contributed by atoms with E-state index in [0.717, 1.165) is 32.1 Å². The highest BCUT2D eigenvalue weighted by Gasteiger charge is 2.61.